The van der Waals surface area contributed by atoms with Crippen LogP contribution < -0.4 is 5.32 Å². The quantitative estimate of drug-likeness (QED) is 0.768. The fraction of sp³-hybridized carbons (Fsp3) is 0.421. The molecule has 0 radical (unpaired) electrons. The third-order valence-electron chi connectivity index (χ3n) is 4.98. The molecule has 0 spiro atoms. The normalized spacial score (nSPS) is 17.7. The van der Waals surface area contributed by atoms with Gasteiger partial charge in [0.25, 0.3) is 5.91 Å². The first-order valence-corrected chi connectivity index (χ1v) is 9.84. The zero-order chi connectivity index (χ0) is 18.3. The number of piperidine rings is 1. The molecule has 0 saturated carbocycles. The number of fused-ring (bicyclic) bond motifs is 1. The lowest BCUT2D eigenvalue weighted by Crippen LogP contribution is -2.45. The number of thiophene rings is 1. The molecular formula is C19H23N5OS. The lowest BCUT2D eigenvalue weighted by molar-refractivity contribution is 0.0719. The SMILES string of the molecule is Cc1cc(N[C@H]2CCCN(C(=O)c3cccs3)C2)n2nc(C)c(C)c2n1. The highest BCUT2D eigenvalue weighted by molar-refractivity contribution is 7.12. The van der Waals surface area contributed by atoms with Gasteiger partial charge >= 0.3 is 0 Å². The molecule has 4 rings (SSSR count). The average Bonchev–Trinajstić information content (AvgIpc) is 3.25. The van der Waals surface area contributed by atoms with E-state index in [1.807, 2.05) is 46.8 Å². The number of carbonyl (C=O) groups excluding carboxylic acids is 1. The van der Waals surface area contributed by atoms with Crippen LogP contribution in [0.3, 0.4) is 0 Å². The molecule has 1 fully saturated rings. The minimum absolute atomic E-state index is 0.133. The van der Waals surface area contributed by atoms with E-state index in [9.17, 15) is 4.79 Å². The van der Waals surface area contributed by atoms with E-state index in [0.717, 1.165) is 52.7 Å². The Balaban J connectivity index is 1.56. The maximum atomic E-state index is 12.7. The molecular weight excluding hydrogens is 346 g/mol. The largest absolute Gasteiger partial charge is 0.365 e. The van der Waals surface area contributed by atoms with E-state index in [4.69, 9.17) is 0 Å². The zero-order valence-electron chi connectivity index (χ0n) is 15.3. The van der Waals surface area contributed by atoms with Gasteiger partial charge in [0.2, 0.25) is 0 Å². The van der Waals surface area contributed by atoms with Crippen molar-refractivity contribution in [2.45, 2.75) is 39.7 Å². The van der Waals surface area contributed by atoms with Gasteiger partial charge in [0.15, 0.2) is 5.65 Å². The van der Waals surface area contributed by atoms with Crippen molar-refractivity contribution in [3.8, 4) is 0 Å². The van der Waals surface area contributed by atoms with Crippen molar-refractivity contribution in [2.75, 3.05) is 18.4 Å². The second-order valence-electron chi connectivity index (χ2n) is 6.94. The summed E-state index contributed by atoms with van der Waals surface area (Å²) in [6.45, 7) is 7.58. The number of hydrogen-bond donors (Lipinski definition) is 1. The summed E-state index contributed by atoms with van der Waals surface area (Å²) in [4.78, 5) is 20.0. The second kappa shape index (κ2) is 6.72. The number of hydrogen-bond acceptors (Lipinski definition) is 5. The molecule has 3 aromatic rings. The maximum absolute atomic E-state index is 12.7. The minimum Gasteiger partial charge on any atom is -0.365 e. The Kier molecular flexibility index (Phi) is 4.40. The molecule has 136 valence electrons. The summed E-state index contributed by atoms with van der Waals surface area (Å²) < 4.78 is 1.89. The lowest BCUT2D eigenvalue weighted by Gasteiger charge is -2.33. The Labute approximate surface area is 156 Å². The topological polar surface area (TPSA) is 62.5 Å². The van der Waals surface area contributed by atoms with Crippen molar-refractivity contribution in [3.05, 3.63) is 45.4 Å². The van der Waals surface area contributed by atoms with E-state index in [1.54, 1.807) is 0 Å². The van der Waals surface area contributed by atoms with Crippen LogP contribution in [0.2, 0.25) is 0 Å². The van der Waals surface area contributed by atoms with Crippen LogP contribution in [0.1, 0.15) is 39.5 Å². The highest BCUT2D eigenvalue weighted by Crippen LogP contribution is 2.22. The van der Waals surface area contributed by atoms with Crippen LogP contribution in [-0.2, 0) is 0 Å². The van der Waals surface area contributed by atoms with E-state index in [2.05, 4.69) is 22.3 Å². The first-order chi connectivity index (χ1) is 12.5. The zero-order valence-corrected chi connectivity index (χ0v) is 16.1. The number of amides is 1. The van der Waals surface area contributed by atoms with Gasteiger partial charge in [-0.3, -0.25) is 4.79 Å². The highest BCUT2D eigenvalue weighted by Gasteiger charge is 2.25. The summed E-state index contributed by atoms with van der Waals surface area (Å²) in [7, 11) is 0. The van der Waals surface area contributed by atoms with Gasteiger partial charge in [-0.25, -0.2) is 4.98 Å². The molecule has 6 nitrogen and oxygen atoms in total. The van der Waals surface area contributed by atoms with Gasteiger partial charge in [0, 0.05) is 36.5 Å². The monoisotopic (exact) mass is 369 g/mol. The maximum Gasteiger partial charge on any atom is 0.263 e. The molecule has 26 heavy (non-hydrogen) atoms. The van der Waals surface area contributed by atoms with Crippen LogP contribution in [-0.4, -0.2) is 44.5 Å². The fourth-order valence-electron chi connectivity index (χ4n) is 3.50. The van der Waals surface area contributed by atoms with Crippen molar-refractivity contribution in [1.29, 1.82) is 0 Å². The van der Waals surface area contributed by atoms with Gasteiger partial charge in [-0.05, 0) is 45.1 Å². The molecule has 1 atom stereocenters. The Morgan fingerprint density at radius 1 is 1.35 bits per heavy atom. The predicted molar refractivity (Wildman–Crippen MR) is 104 cm³/mol. The van der Waals surface area contributed by atoms with Crippen molar-refractivity contribution >= 4 is 28.7 Å². The van der Waals surface area contributed by atoms with Crippen LogP contribution in [0, 0.1) is 20.8 Å². The van der Waals surface area contributed by atoms with Crippen molar-refractivity contribution in [1.82, 2.24) is 19.5 Å². The van der Waals surface area contributed by atoms with E-state index in [1.165, 1.54) is 11.3 Å². The number of aryl methyl sites for hydroxylation is 3. The van der Waals surface area contributed by atoms with Gasteiger partial charge in [-0.1, -0.05) is 6.07 Å². The van der Waals surface area contributed by atoms with Crippen LogP contribution in [0.25, 0.3) is 5.65 Å². The molecule has 3 aromatic heterocycles. The van der Waals surface area contributed by atoms with Crippen molar-refractivity contribution in [2.24, 2.45) is 0 Å². The number of rotatable bonds is 3. The number of anilines is 1. The Hall–Kier alpha value is -2.41. The number of nitrogens with zero attached hydrogens (tertiary/aromatic N) is 4. The average molecular weight is 369 g/mol. The predicted octanol–water partition coefficient (Wildman–Crippen LogP) is 3.43. The number of carbonyl (C=O) groups is 1. The standard InChI is InChI=1S/C19H23N5OS/c1-12-10-17(24-18(20-12)13(2)14(3)22-24)21-15-6-4-8-23(11-15)19(25)16-7-5-9-26-16/h5,7,9-10,15,21H,4,6,8,11H2,1-3H3/t15-/m0/s1. The van der Waals surface area contributed by atoms with Gasteiger partial charge in [0.1, 0.15) is 5.82 Å². The first-order valence-electron chi connectivity index (χ1n) is 8.96. The molecule has 0 unspecified atom stereocenters. The third-order valence-corrected chi connectivity index (χ3v) is 5.84. The van der Waals surface area contributed by atoms with Gasteiger partial charge in [-0.15, -0.1) is 11.3 Å². The van der Waals surface area contributed by atoms with Gasteiger partial charge < -0.3 is 10.2 Å². The molecule has 1 amide bonds. The third kappa shape index (κ3) is 3.07. The Morgan fingerprint density at radius 3 is 2.96 bits per heavy atom. The molecule has 1 N–H and O–H groups in total. The van der Waals surface area contributed by atoms with E-state index < -0.39 is 0 Å². The van der Waals surface area contributed by atoms with E-state index >= 15 is 0 Å². The van der Waals surface area contributed by atoms with Crippen LogP contribution in [0.15, 0.2) is 23.6 Å². The summed E-state index contributed by atoms with van der Waals surface area (Å²) in [6, 6.07) is 6.06. The summed E-state index contributed by atoms with van der Waals surface area (Å²) in [6.07, 6.45) is 2.04. The van der Waals surface area contributed by atoms with E-state index in [-0.39, 0.29) is 11.9 Å². The molecule has 1 aliphatic rings. The number of nitrogens with one attached hydrogen (secondary N) is 1. The van der Waals surface area contributed by atoms with Crippen LogP contribution >= 0.6 is 11.3 Å². The minimum atomic E-state index is 0.133. The molecule has 0 bridgehead atoms. The summed E-state index contributed by atoms with van der Waals surface area (Å²) >= 11 is 1.50. The second-order valence-corrected chi connectivity index (χ2v) is 7.89. The molecule has 1 aliphatic heterocycles. The molecule has 7 heteroatoms. The summed E-state index contributed by atoms with van der Waals surface area (Å²) in [5.41, 5.74) is 3.96. The van der Waals surface area contributed by atoms with E-state index in [0.29, 0.717) is 6.54 Å². The van der Waals surface area contributed by atoms with Crippen molar-refractivity contribution < 1.29 is 4.79 Å². The molecule has 0 aromatic carbocycles. The molecule has 4 heterocycles. The number of likely N-dealkylation sites (tertiary alicyclic amines) is 1. The summed E-state index contributed by atoms with van der Waals surface area (Å²) in [5, 5.41) is 10.2. The molecule has 0 aliphatic carbocycles. The van der Waals surface area contributed by atoms with Crippen LogP contribution in [0.4, 0.5) is 5.82 Å². The smallest absolute Gasteiger partial charge is 0.263 e. The Morgan fingerprint density at radius 2 is 2.19 bits per heavy atom. The number of aromatic nitrogens is 3. The van der Waals surface area contributed by atoms with Crippen molar-refractivity contribution in [3.63, 3.8) is 0 Å². The Bertz CT molecular complexity index is 947. The first kappa shape index (κ1) is 17.0. The van der Waals surface area contributed by atoms with Crippen LogP contribution in [0.5, 0.6) is 0 Å². The fourth-order valence-corrected chi connectivity index (χ4v) is 4.19. The highest BCUT2D eigenvalue weighted by atomic mass is 32.1. The lowest BCUT2D eigenvalue weighted by atomic mass is 10.1. The molecule has 1 saturated heterocycles. The van der Waals surface area contributed by atoms with Gasteiger partial charge in [-0.2, -0.15) is 9.61 Å². The van der Waals surface area contributed by atoms with Gasteiger partial charge in [0.05, 0.1) is 10.6 Å². The summed E-state index contributed by atoms with van der Waals surface area (Å²) in [5.74, 6) is 1.08.